The van der Waals surface area contributed by atoms with Gasteiger partial charge < -0.3 is 10.7 Å². The van der Waals surface area contributed by atoms with E-state index in [1.54, 1.807) is 0 Å². The van der Waals surface area contributed by atoms with Crippen LogP contribution in [0.15, 0.2) is 53.6 Å². The molecule has 140 valence electrons. The zero-order chi connectivity index (χ0) is 18.6. The first-order valence-electron chi connectivity index (χ1n) is 9.66. The topological polar surface area (TPSA) is 53.5 Å². The molecule has 1 heterocycles. The van der Waals surface area contributed by atoms with Crippen molar-refractivity contribution in [2.45, 2.75) is 38.1 Å². The SMILES string of the molecule is O=C(NC(C1=NNCC1)c1cccc(-c2ccc(Cl)cc2)c1)C1CCCC1. The second-order valence-electron chi connectivity index (χ2n) is 7.32. The van der Waals surface area contributed by atoms with Gasteiger partial charge in [-0.1, -0.05) is 54.8 Å². The summed E-state index contributed by atoms with van der Waals surface area (Å²) in [4.78, 5) is 12.8. The number of hydrogen-bond acceptors (Lipinski definition) is 3. The largest absolute Gasteiger partial charge is 0.344 e. The first-order chi connectivity index (χ1) is 13.2. The number of carbonyl (C=O) groups excluding carboxylic acids is 1. The summed E-state index contributed by atoms with van der Waals surface area (Å²) in [7, 11) is 0. The molecule has 1 fully saturated rings. The molecule has 4 nitrogen and oxygen atoms in total. The molecular weight excluding hydrogens is 358 g/mol. The lowest BCUT2D eigenvalue weighted by molar-refractivity contribution is -0.125. The van der Waals surface area contributed by atoms with Crippen LogP contribution in [0, 0.1) is 5.92 Å². The number of rotatable bonds is 5. The minimum atomic E-state index is -0.180. The Morgan fingerprint density at radius 2 is 1.89 bits per heavy atom. The van der Waals surface area contributed by atoms with Gasteiger partial charge in [0.1, 0.15) is 0 Å². The van der Waals surface area contributed by atoms with Crippen molar-refractivity contribution in [3.05, 3.63) is 59.1 Å². The smallest absolute Gasteiger partial charge is 0.223 e. The van der Waals surface area contributed by atoms with Gasteiger partial charge in [0.25, 0.3) is 0 Å². The van der Waals surface area contributed by atoms with Crippen LogP contribution in [-0.4, -0.2) is 18.2 Å². The van der Waals surface area contributed by atoms with Crippen LogP contribution in [0.1, 0.15) is 43.7 Å². The molecule has 2 aliphatic rings. The second-order valence-corrected chi connectivity index (χ2v) is 7.75. The Morgan fingerprint density at radius 1 is 1.11 bits per heavy atom. The Balaban J connectivity index is 1.62. The number of halogens is 1. The quantitative estimate of drug-likeness (QED) is 0.788. The maximum absolute atomic E-state index is 12.8. The predicted octanol–water partition coefficient (Wildman–Crippen LogP) is 4.70. The van der Waals surface area contributed by atoms with E-state index >= 15 is 0 Å². The third-order valence-corrected chi connectivity index (χ3v) is 5.71. The molecule has 0 aromatic heterocycles. The molecule has 1 amide bonds. The molecule has 1 atom stereocenters. The lowest BCUT2D eigenvalue weighted by atomic mass is 9.95. The first-order valence-corrected chi connectivity index (χ1v) is 10.0. The Kier molecular flexibility index (Phi) is 5.44. The third-order valence-electron chi connectivity index (χ3n) is 5.46. The normalized spacial score (nSPS) is 18.0. The summed E-state index contributed by atoms with van der Waals surface area (Å²) in [6.45, 7) is 0.821. The van der Waals surface area contributed by atoms with Gasteiger partial charge >= 0.3 is 0 Å². The average Bonchev–Trinajstić information content (AvgIpc) is 3.40. The number of benzene rings is 2. The molecule has 1 unspecified atom stereocenters. The van der Waals surface area contributed by atoms with Gasteiger partial charge in [0, 0.05) is 23.9 Å². The standard InChI is InChI=1S/C22H24ClN3O/c23-19-10-8-15(9-11-19)17-6-3-7-18(14-17)21(20-12-13-24-26-20)25-22(27)16-4-1-2-5-16/h3,6-11,14,16,21,24H,1-2,4-5,12-13H2,(H,25,27). The van der Waals surface area contributed by atoms with Crippen molar-refractivity contribution in [3.63, 3.8) is 0 Å². The lowest BCUT2D eigenvalue weighted by Crippen LogP contribution is -2.36. The summed E-state index contributed by atoms with van der Waals surface area (Å²) in [6.07, 6.45) is 5.14. The van der Waals surface area contributed by atoms with Crippen LogP contribution in [0.2, 0.25) is 5.02 Å². The fourth-order valence-electron chi connectivity index (χ4n) is 3.95. The van der Waals surface area contributed by atoms with Crippen molar-refractivity contribution >= 4 is 23.2 Å². The number of nitrogens with zero attached hydrogens (tertiary/aromatic N) is 1. The van der Waals surface area contributed by atoms with Gasteiger partial charge in [0.2, 0.25) is 5.91 Å². The maximum atomic E-state index is 12.8. The number of hydrazone groups is 1. The van der Waals surface area contributed by atoms with E-state index in [9.17, 15) is 4.79 Å². The minimum Gasteiger partial charge on any atom is -0.344 e. The van der Waals surface area contributed by atoms with Crippen LogP contribution in [0.4, 0.5) is 0 Å². The van der Waals surface area contributed by atoms with Gasteiger partial charge in [-0.15, -0.1) is 0 Å². The van der Waals surface area contributed by atoms with Gasteiger partial charge in [-0.2, -0.15) is 5.10 Å². The highest BCUT2D eigenvalue weighted by atomic mass is 35.5. The van der Waals surface area contributed by atoms with Crippen molar-refractivity contribution in [2.75, 3.05) is 6.54 Å². The molecule has 1 saturated carbocycles. The second kappa shape index (κ2) is 8.13. The summed E-state index contributed by atoms with van der Waals surface area (Å²) < 4.78 is 0. The van der Waals surface area contributed by atoms with Crippen LogP contribution >= 0.6 is 11.6 Å². The third kappa shape index (κ3) is 4.16. The molecule has 27 heavy (non-hydrogen) atoms. The Morgan fingerprint density at radius 3 is 2.59 bits per heavy atom. The average molecular weight is 382 g/mol. The molecular formula is C22H24ClN3O. The molecule has 0 radical (unpaired) electrons. The van der Waals surface area contributed by atoms with Gasteiger partial charge in [0.05, 0.1) is 11.8 Å². The number of nitrogens with one attached hydrogen (secondary N) is 2. The maximum Gasteiger partial charge on any atom is 0.223 e. The van der Waals surface area contributed by atoms with Crippen LogP contribution in [0.5, 0.6) is 0 Å². The van der Waals surface area contributed by atoms with E-state index in [0.29, 0.717) is 0 Å². The van der Waals surface area contributed by atoms with Crippen molar-refractivity contribution in [2.24, 2.45) is 11.0 Å². The van der Waals surface area contributed by atoms with Crippen LogP contribution in [0.25, 0.3) is 11.1 Å². The number of amides is 1. The van der Waals surface area contributed by atoms with Crippen molar-refractivity contribution in [1.29, 1.82) is 0 Å². The molecule has 4 rings (SSSR count). The van der Waals surface area contributed by atoms with Crippen LogP contribution in [0.3, 0.4) is 0 Å². The number of carbonyl (C=O) groups is 1. The minimum absolute atomic E-state index is 0.141. The van der Waals surface area contributed by atoms with E-state index in [1.807, 2.05) is 30.3 Å². The first kappa shape index (κ1) is 18.1. The molecule has 5 heteroatoms. The zero-order valence-corrected chi connectivity index (χ0v) is 16.0. The molecule has 0 saturated heterocycles. The molecule has 2 aromatic carbocycles. The summed E-state index contributed by atoms with van der Waals surface area (Å²) in [5.41, 5.74) is 7.31. The fraction of sp³-hybridized carbons (Fsp3) is 0.364. The summed E-state index contributed by atoms with van der Waals surface area (Å²) in [5, 5.41) is 8.44. The highest BCUT2D eigenvalue weighted by Gasteiger charge is 2.28. The Hall–Kier alpha value is -2.33. The van der Waals surface area contributed by atoms with Gasteiger partial charge in [0.15, 0.2) is 0 Å². The molecule has 1 aliphatic heterocycles. The molecule has 0 bridgehead atoms. The van der Waals surface area contributed by atoms with Crippen molar-refractivity contribution in [1.82, 2.24) is 10.7 Å². The van der Waals surface area contributed by atoms with E-state index < -0.39 is 0 Å². The molecule has 2 aromatic rings. The monoisotopic (exact) mass is 381 g/mol. The Bertz CT molecular complexity index is 841. The van der Waals surface area contributed by atoms with Crippen LogP contribution < -0.4 is 10.7 Å². The Labute approximate surface area is 165 Å². The summed E-state index contributed by atoms with van der Waals surface area (Å²) in [6, 6.07) is 16.0. The van der Waals surface area contributed by atoms with E-state index in [-0.39, 0.29) is 17.9 Å². The highest BCUT2D eigenvalue weighted by molar-refractivity contribution is 6.30. The fourth-order valence-corrected chi connectivity index (χ4v) is 4.08. The number of hydrogen-bond donors (Lipinski definition) is 2. The molecule has 1 aliphatic carbocycles. The van der Waals surface area contributed by atoms with Crippen molar-refractivity contribution in [3.8, 4) is 11.1 Å². The van der Waals surface area contributed by atoms with Gasteiger partial charge in [-0.25, -0.2) is 0 Å². The van der Waals surface area contributed by atoms with E-state index in [1.165, 1.54) is 0 Å². The van der Waals surface area contributed by atoms with E-state index in [2.05, 4.69) is 34.0 Å². The summed E-state index contributed by atoms with van der Waals surface area (Å²) >= 11 is 6.02. The highest BCUT2D eigenvalue weighted by Crippen LogP contribution is 2.29. The lowest BCUT2D eigenvalue weighted by Gasteiger charge is -2.22. The van der Waals surface area contributed by atoms with Gasteiger partial charge in [-0.05, 0) is 47.7 Å². The molecule has 2 N–H and O–H groups in total. The van der Waals surface area contributed by atoms with Gasteiger partial charge in [-0.3, -0.25) is 4.79 Å². The molecule has 0 spiro atoms. The van der Waals surface area contributed by atoms with E-state index in [4.69, 9.17) is 11.6 Å². The van der Waals surface area contributed by atoms with Crippen molar-refractivity contribution < 1.29 is 4.79 Å². The van der Waals surface area contributed by atoms with Crippen LogP contribution in [-0.2, 0) is 4.79 Å². The van der Waals surface area contributed by atoms with E-state index in [0.717, 1.165) is 66.1 Å². The zero-order valence-electron chi connectivity index (χ0n) is 15.2. The predicted molar refractivity (Wildman–Crippen MR) is 110 cm³/mol. The summed E-state index contributed by atoms with van der Waals surface area (Å²) in [5.74, 6) is 0.297.